The van der Waals surface area contributed by atoms with Crippen LogP contribution >= 0.6 is 0 Å². The van der Waals surface area contributed by atoms with Crippen molar-refractivity contribution in [1.82, 2.24) is 10.2 Å². The second-order valence-electron chi connectivity index (χ2n) is 3.81. The number of aromatic amines is 1. The van der Waals surface area contributed by atoms with E-state index in [1.165, 1.54) is 0 Å². The number of benzene rings is 1. The van der Waals surface area contributed by atoms with Crippen LogP contribution in [0.3, 0.4) is 0 Å². The molecule has 0 bridgehead atoms. The van der Waals surface area contributed by atoms with Gasteiger partial charge in [-0.05, 0) is 12.5 Å². The standard InChI is InChI=1S/C12H14N4O/c1-8-7-10(16-15-8)14-12(17)11(13)9-5-3-2-4-6-9/h2-7,11H,13H2,1H3,(H2,14,15,16,17). The Labute approximate surface area is 99.0 Å². The van der Waals surface area contributed by atoms with Crippen LogP contribution in [0.15, 0.2) is 36.4 Å². The van der Waals surface area contributed by atoms with Crippen LogP contribution in [0.5, 0.6) is 0 Å². The summed E-state index contributed by atoms with van der Waals surface area (Å²) in [7, 11) is 0. The molecule has 1 amide bonds. The molecule has 1 atom stereocenters. The van der Waals surface area contributed by atoms with E-state index in [1.54, 1.807) is 6.07 Å². The fourth-order valence-corrected chi connectivity index (χ4v) is 1.50. The Morgan fingerprint density at radius 2 is 2.12 bits per heavy atom. The Bertz CT molecular complexity index is 506. The van der Waals surface area contributed by atoms with E-state index in [-0.39, 0.29) is 5.91 Å². The summed E-state index contributed by atoms with van der Waals surface area (Å²) in [5.41, 5.74) is 7.50. The maximum Gasteiger partial charge on any atom is 0.247 e. The van der Waals surface area contributed by atoms with Gasteiger partial charge in [-0.25, -0.2) is 0 Å². The molecule has 2 aromatic rings. The average molecular weight is 230 g/mol. The molecule has 0 fully saturated rings. The van der Waals surface area contributed by atoms with Crippen LogP contribution in [0.1, 0.15) is 17.3 Å². The number of carbonyl (C=O) groups excluding carboxylic acids is 1. The molecule has 0 aliphatic carbocycles. The van der Waals surface area contributed by atoms with Gasteiger partial charge in [0.05, 0.1) is 0 Å². The molecule has 5 heteroatoms. The van der Waals surface area contributed by atoms with Crippen molar-refractivity contribution in [3.05, 3.63) is 47.7 Å². The Morgan fingerprint density at radius 1 is 1.41 bits per heavy atom. The monoisotopic (exact) mass is 230 g/mol. The van der Waals surface area contributed by atoms with Crippen molar-refractivity contribution >= 4 is 11.7 Å². The number of hydrogen-bond acceptors (Lipinski definition) is 3. The van der Waals surface area contributed by atoms with E-state index in [0.717, 1.165) is 11.3 Å². The van der Waals surface area contributed by atoms with Crippen LogP contribution in [0.2, 0.25) is 0 Å². The summed E-state index contributed by atoms with van der Waals surface area (Å²) in [6.07, 6.45) is 0. The first-order valence-corrected chi connectivity index (χ1v) is 5.30. The van der Waals surface area contributed by atoms with Crippen LogP contribution in [0, 0.1) is 6.92 Å². The summed E-state index contributed by atoms with van der Waals surface area (Å²) in [6, 6.07) is 10.3. The zero-order chi connectivity index (χ0) is 12.3. The van der Waals surface area contributed by atoms with Crippen LogP contribution in [0.25, 0.3) is 0 Å². The van der Waals surface area contributed by atoms with Crippen LogP contribution in [-0.4, -0.2) is 16.1 Å². The fourth-order valence-electron chi connectivity index (χ4n) is 1.50. The highest BCUT2D eigenvalue weighted by Gasteiger charge is 2.16. The molecular weight excluding hydrogens is 216 g/mol. The molecule has 1 heterocycles. The lowest BCUT2D eigenvalue weighted by Gasteiger charge is -2.10. The number of hydrogen-bond donors (Lipinski definition) is 3. The van der Waals surface area contributed by atoms with E-state index in [0.29, 0.717) is 5.82 Å². The molecule has 1 aromatic carbocycles. The Balaban J connectivity index is 2.06. The summed E-state index contributed by atoms with van der Waals surface area (Å²) in [5, 5.41) is 9.32. The summed E-state index contributed by atoms with van der Waals surface area (Å²) in [6.45, 7) is 1.86. The quantitative estimate of drug-likeness (QED) is 0.744. The third-order valence-electron chi connectivity index (χ3n) is 2.40. The number of nitrogens with one attached hydrogen (secondary N) is 2. The molecule has 0 spiro atoms. The lowest BCUT2D eigenvalue weighted by Crippen LogP contribution is -2.27. The second-order valence-corrected chi connectivity index (χ2v) is 3.81. The van der Waals surface area contributed by atoms with E-state index >= 15 is 0 Å². The maximum atomic E-state index is 11.8. The highest BCUT2D eigenvalue weighted by atomic mass is 16.2. The van der Waals surface area contributed by atoms with Gasteiger partial charge in [0.15, 0.2) is 5.82 Å². The van der Waals surface area contributed by atoms with Gasteiger partial charge in [-0.1, -0.05) is 30.3 Å². The zero-order valence-electron chi connectivity index (χ0n) is 9.47. The van der Waals surface area contributed by atoms with Crippen LogP contribution < -0.4 is 11.1 Å². The van der Waals surface area contributed by atoms with E-state index in [1.807, 2.05) is 37.3 Å². The minimum atomic E-state index is -0.687. The van der Waals surface area contributed by atoms with Crippen molar-refractivity contribution in [2.45, 2.75) is 13.0 Å². The molecule has 88 valence electrons. The number of aryl methyl sites for hydroxylation is 1. The second kappa shape index (κ2) is 4.80. The Morgan fingerprint density at radius 3 is 2.71 bits per heavy atom. The molecule has 0 aliphatic rings. The molecular formula is C12H14N4O. The van der Waals surface area contributed by atoms with Gasteiger partial charge in [0, 0.05) is 11.8 Å². The first-order valence-electron chi connectivity index (χ1n) is 5.30. The number of aromatic nitrogens is 2. The molecule has 0 aliphatic heterocycles. The molecule has 5 nitrogen and oxygen atoms in total. The number of H-pyrrole nitrogens is 1. The van der Waals surface area contributed by atoms with Gasteiger partial charge in [-0.15, -0.1) is 0 Å². The first kappa shape index (κ1) is 11.3. The smallest absolute Gasteiger partial charge is 0.247 e. The third kappa shape index (κ3) is 2.70. The van der Waals surface area contributed by atoms with Gasteiger partial charge in [0.1, 0.15) is 6.04 Å². The van der Waals surface area contributed by atoms with Gasteiger partial charge in [-0.3, -0.25) is 9.89 Å². The Kier molecular flexibility index (Phi) is 3.20. The molecule has 4 N–H and O–H groups in total. The first-order chi connectivity index (χ1) is 8.16. The zero-order valence-corrected chi connectivity index (χ0v) is 9.47. The van der Waals surface area contributed by atoms with Crippen molar-refractivity contribution in [2.24, 2.45) is 5.73 Å². The van der Waals surface area contributed by atoms with Crippen molar-refractivity contribution in [2.75, 3.05) is 5.32 Å². The maximum absolute atomic E-state index is 11.8. The SMILES string of the molecule is Cc1cc(NC(=O)C(N)c2ccccc2)n[nH]1. The average Bonchev–Trinajstić information content (AvgIpc) is 2.75. The van der Waals surface area contributed by atoms with Crippen molar-refractivity contribution in [1.29, 1.82) is 0 Å². The topological polar surface area (TPSA) is 83.8 Å². The molecule has 1 aromatic heterocycles. The number of nitrogens with two attached hydrogens (primary N) is 1. The minimum absolute atomic E-state index is 0.275. The number of anilines is 1. The number of nitrogens with zero attached hydrogens (tertiary/aromatic N) is 1. The predicted molar refractivity (Wildman–Crippen MR) is 65.3 cm³/mol. The van der Waals surface area contributed by atoms with Crippen molar-refractivity contribution < 1.29 is 4.79 Å². The minimum Gasteiger partial charge on any atom is -0.316 e. The van der Waals surface area contributed by atoms with Crippen LogP contribution in [0.4, 0.5) is 5.82 Å². The van der Waals surface area contributed by atoms with Crippen molar-refractivity contribution in [3.63, 3.8) is 0 Å². The fraction of sp³-hybridized carbons (Fsp3) is 0.167. The molecule has 17 heavy (non-hydrogen) atoms. The molecule has 0 saturated carbocycles. The molecule has 0 radical (unpaired) electrons. The number of amides is 1. The molecule has 0 saturated heterocycles. The van der Waals surface area contributed by atoms with Crippen molar-refractivity contribution in [3.8, 4) is 0 Å². The van der Waals surface area contributed by atoms with Gasteiger partial charge in [0.25, 0.3) is 0 Å². The lowest BCUT2D eigenvalue weighted by atomic mass is 10.1. The lowest BCUT2D eigenvalue weighted by molar-refractivity contribution is -0.117. The normalized spacial score (nSPS) is 12.1. The highest BCUT2D eigenvalue weighted by Crippen LogP contribution is 2.12. The number of rotatable bonds is 3. The largest absolute Gasteiger partial charge is 0.316 e. The van der Waals surface area contributed by atoms with Gasteiger partial charge >= 0.3 is 0 Å². The summed E-state index contributed by atoms with van der Waals surface area (Å²) < 4.78 is 0. The Hall–Kier alpha value is -2.14. The van der Waals surface area contributed by atoms with E-state index in [9.17, 15) is 4.79 Å². The predicted octanol–water partition coefficient (Wildman–Crippen LogP) is 1.36. The van der Waals surface area contributed by atoms with E-state index < -0.39 is 6.04 Å². The van der Waals surface area contributed by atoms with Crippen LogP contribution in [-0.2, 0) is 4.79 Å². The summed E-state index contributed by atoms with van der Waals surface area (Å²) in [5.74, 6) is 0.210. The number of carbonyl (C=O) groups is 1. The summed E-state index contributed by atoms with van der Waals surface area (Å²) in [4.78, 5) is 11.8. The van der Waals surface area contributed by atoms with E-state index in [2.05, 4.69) is 15.5 Å². The van der Waals surface area contributed by atoms with Gasteiger partial charge in [-0.2, -0.15) is 5.10 Å². The van der Waals surface area contributed by atoms with Gasteiger partial charge in [0.2, 0.25) is 5.91 Å². The third-order valence-corrected chi connectivity index (χ3v) is 2.40. The van der Waals surface area contributed by atoms with E-state index in [4.69, 9.17) is 5.73 Å². The van der Waals surface area contributed by atoms with Gasteiger partial charge < -0.3 is 11.1 Å². The molecule has 2 rings (SSSR count). The summed E-state index contributed by atoms with van der Waals surface area (Å²) >= 11 is 0. The molecule has 1 unspecified atom stereocenters. The highest BCUT2D eigenvalue weighted by molar-refractivity contribution is 5.94.